The third kappa shape index (κ3) is 1.06. The minimum Gasteiger partial charge on any atom is -0.371 e. The van der Waals surface area contributed by atoms with Crippen molar-refractivity contribution in [1.82, 2.24) is 5.32 Å². The zero-order valence-corrected chi connectivity index (χ0v) is 4.70. The molecule has 40 valence electrons. The molecule has 0 saturated heterocycles. The Balaban J connectivity index is 2.36. The smallest absolute Gasteiger partial charge is 0.111 e. The molecule has 0 aliphatic carbocycles. The molecule has 1 aliphatic rings. The highest BCUT2D eigenvalue weighted by Crippen LogP contribution is 1.85. The molecule has 0 atom stereocenters. The van der Waals surface area contributed by atoms with Crippen molar-refractivity contribution in [3.05, 3.63) is 0 Å². The van der Waals surface area contributed by atoms with E-state index in [1.54, 1.807) is 0 Å². The lowest BCUT2D eigenvalue weighted by Crippen LogP contribution is -2.19. The van der Waals surface area contributed by atoms with Crippen molar-refractivity contribution in [2.75, 3.05) is 19.0 Å². The van der Waals surface area contributed by atoms with Crippen molar-refractivity contribution in [3.8, 4) is 0 Å². The molecule has 1 rings (SSSR count). The van der Waals surface area contributed by atoms with Gasteiger partial charge in [0.1, 0.15) is 5.84 Å². The molecule has 0 aromatic rings. The number of rotatable bonds is 1. The number of alkyl halides is 1. The molecule has 0 bridgehead atoms. The van der Waals surface area contributed by atoms with Gasteiger partial charge < -0.3 is 5.32 Å². The Kier molecular flexibility index (Phi) is 1.52. The third-order valence-electron chi connectivity index (χ3n) is 0.870. The van der Waals surface area contributed by atoms with Crippen LogP contribution < -0.4 is 5.32 Å². The van der Waals surface area contributed by atoms with Gasteiger partial charge in [0.25, 0.3) is 0 Å². The zero-order chi connectivity index (χ0) is 5.11. The average Bonchev–Trinajstić information content (AvgIpc) is 2.14. The van der Waals surface area contributed by atoms with Crippen LogP contribution in [0, 0.1) is 0 Å². The Labute approximate surface area is 47.6 Å². The lowest BCUT2D eigenvalue weighted by Gasteiger charge is -1.90. The second-order valence-electron chi connectivity index (χ2n) is 1.39. The van der Waals surface area contributed by atoms with Crippen molar-refractivity contribution in [3.63, 3.8) is 0 Å². The van der Waals surface area contributed by atoms with Gasteiger partial charge in [0.05, 0.1) is 12.4 Å². The summed E-state index contributed by atoms with van der Waals surface area (Å²) in [6.45, 7) is 1.85. The van der Waals surface area contributed by atoms with Crippen LogP contribution in [0.15, 0.2) is 4.99 Å². The lowest BCUT2D eigenvalue weighted by atomic mass is 10.7. The molecule has 1 N–H and O–H groups in total. The monoisotopic (exact) mass is 118 g/mol. The summed E-state index contributed by atoms with van der Waals surface area (Å²) in [6, 6.07) is 0. The van der Waals surface area contributed by atoms with Crippen LogP contribution in [0.25, 0.3) is 0 Å². The summed E-state index contributed by atoms with van der Waals surface area (Å²) in [4.78, 5) is 4.03. The molecule has 1 aliphatic heterocycles. The molecular weight excluding hydrogens is 112 g/mol. The van der Waals surface area contributed by atoms with Crippen molar-refractivity contribution >= 4 is 17.4 Å². The summed E-state index contributed by atoms with van der Waals surface area (Å²) in [6.07, 6.45) is 0. The van der Waals surface area contributed by atoms with Crippen molar-refractivity contribution in [2.45, 2.75) is 0 Å². The van der Waals surface area contributed by atoms with Crippen LogP contribution in [0.3, 0.4) is 0 Å². The largest absolute Gasteiger partial charge is 0.371 e. The number of amidine groups is 1. The first-order valence-corrected chi connectivity index (χ1v) is 2.80. The predicted molar refractivity (Wildman–Crippen MR) is 31.0 cm³/mol. The van der Waals surface area contributed by atoms with Crippen molar-refractivity contribution in [2.24, 2.45) is 4.99 Å². The molecule has 7 heavy (non-hydrogen) atoms. The Bertz CT molecular complexity index is 89.7. The van der Waals surface area contributed by atoms with E-state index in [1.807, 2.05) is 0 Å². The SMILES string of the molecule is ClCC1=NCCN1. The second kappa shape index (κ2) is 2.17. The van der Waals surface area contributed by atoms with E-state index >= 15 is 0 Å². The fourth-order valence-corrected chi connectivity index (χ4v) is 0.715. The molecular formula is C4H7ClN2. The van der Waals surface area contributed by atoms with Crippen LogP contribution in [0.4, 0.5) is 0 Å². The maximum atomic E-state index is 5.41. The van der Waals surface area contributed by atoms with E-state index in [9.17, 15) is 0 Å². The van der Waals surface area contributed by atoms with Crippen LogP contribution in [0.5, 0.6) is 0 Å². The maximum Gasteiger partial charge on any atom is 0.111 e. The Hall–Kier alpha value is -0.240. The molecule has 0 saturated carbocycles. The molecule has 0 fully saturated rings. The molecule has 0 aromatic heterocycles. The van der Waals surface area contributed by atoms with Gasteiger partial charge in [-0.3, -0.25) is 4.99 Å². The Morgan fingerprint density at radius 2 is 2.71 bits per heavy atom. The highest BCUT2D eigenvalue weighted by molar-refractivity contribution is 6.28. The molecule has 0 amide bonds. The molecule has 0 aromatic carbocycles. The van der Waals surface area contributed by atoms with E-state index in [-0.39, 0.29) is 0 Å². The van der Waals surface area contributed by atoms with Gasteiger partial charge in [0.2, 0.25) is 0 Å². The van der Waals surface area contributed by atoms with Gasteiger partial charge in [-0.05, 0) is 0 Å². The van der Waals surface area contributed by atoms with Crippen LogP contribution in [-0.2, 0) is 0 Å². The normalized spacial score (nSPS) is 18.7. The summed E-state index contributed by atoms with van der Waals surface area (Å²) in [5.41, 5.74) is 0. The highest BCUT2D eigenvalue weighted by atomic mass is 35.5. The number of halogens is 1. The average molecular weight is 119 g/mol. The van der Waals surface area contributed by atoms with E-state index in [4.69, 9.17) is 11.6 Å². The van der Waals surface area contributed by atoms with Gasteiger partial charge in [-0.2, -0.15) is 0 Å². The van der Waals surface area contributed by atoms with Crippen LogP contribution in [0.1, 0.15) is 0 Å². The molecule has 0 radical (unpaired) electrons. The predicted octanol–water partition coefficient (Wildman–Crippen LogP) is 0.227. The molecule has 2 nitrogen and oxygen atoms in total. The van der Waals surface area contributed by atoms with Crippen molar-refractivity contribution in [1.29, 1.82) is 0 Å². The van der Waals surface area contributed by atoms with E-state index in [2.05, 4.69) is 10.3 Å². The van der Waals surface area contributed by atoms with E-state index in [1.165, 1.54) is 0 Å². The number of aliphatic imine (C=N–C) groups is 1. The summed E-state index contributed by atoms with van der Waals surface area (Å²) >= 11 is 5.41. The van der Waals surface area contributed by atoms with Crippen molar-refractivity contribution < 1.29 is 0 Å². The first-order valence-electron chi connectivity index (χ1n) is 2.26. The minimum atomic E-state index is 0.528. The Morgan fingerprint density at radius 3 is 3.00 bits per heavy atom. The Morgan fingerprint density at radius 1 is 1.86 bits per heavy atom. The van der Waals surface area contributed by atoms with Gasteiger partial charge in [-0.15, -0.1) is 11.6 Å². The summed E-state index contributed by atoms with van der Waals surface area (Å²) in [7, 11) is 0. The first-order chi connectivity index (χ1) is 3.43. The fraction of sp³-hybridized carbons (Fsp3) is 0.750. The van der Waals surface area contributed by atoms with Gasteiger partial charge in [0, 0.05) is 6.54 Å². The maximum absolute atomic E-state index is 5.41. The topological polar surface area (TPSA) is 24.4 Å². The van der Waals surface area contributed by atoms with Gasteiger partial charge in [-0.25, -0.2) is 0 Å². The molecule has 0 unspecified atom stereocenters. The van der Waals surface area contributed by atoms with Gasteiger partial charge in [0.15, 0.2) is 0 Å². The summed E-state index contributed by atoms with van der Waals surface area (Å²) < 4.78 is 0. The molecule has 1 heterocycles. The molecule has 3 heteroatoms. The lowest BCUT2D eigenvalue weighted by molar-refractivity contribution is 0.959. The quantitative estimate of drug-likeness (QED) is 0.490. The minimum absolute atomic E-state index is 0.528. The van der Waals surface area contributed by atoms with Crippen LogP contribution >= 0.6 is 11.6 Å². The fourth-order valence-electron chi connectivity index (χ4n) is 0.536. The highest BCUT2D eigenvalue weighted by Gasteiger charge is 1.99. The van der Waals surface area contributed by atoms with E-state index < -0.39 is 0 Å². The van der Waals surface area contributed by atoms with Crippen LogP contribution in [0.2, 0.25) is 0 Å². The second-order valence-corrected chi connectivity index (χ2v) is 1.66. The third-order valence-corrected chi connectivity index (χ3v) is 1.12. The first kappa shape index (κ1) is 4.91. The standard InChI is InChI=1S/C4H7ClN2/c5-3-4-6-1-2-7-4/h1-3H2,(H,6,7). The number of hydrogen-bond acceptors (Lipinski definition) is 2. The van der Waals surface area contributed by atoms with E-state index in [0.717, 1.165) is 18.9 Å². The number of nitrogens with one attached hydrogen (secondary N) is 1. The number of nitrogens with zero attached hydrogens (tertiary/aromatic N) is 1. The van der Waals surface area contributed by atoms with Crippen LogP contribution in [-0.4, -0.2) is 24.8 Å². The van der Waals surface area contributed by atoms with E-state index in [0.29, 0.717) is 5.88 Å². The van der Waals surface area contributed by atoms with Gasteiger partial charge in [-0.1, -0.05) is 0 Å². The molecule has 0 spiro atoms. The zero-order valence-electron chi connectivity index (χ0n) is 3.95. The number of hydrogen-bond donors (Lipinski definition) is 1. The summed E-state index contributed by atoms with van der Waals surface area (Å²) in [5, 5.41) is 3.02. The summed E-state index contributed by atoms with van der Waals surface area (Å²) in [5.74, 6) is 1.46. The van der Waals surface area contributed by atoms with Gasteiger partial charge >= 0.3 is 0 Å².